The number of amides is 5. The average Bonchev–Trinajstić information content (AvgIpc) is 4.04. The Bertz CT molecular complexity index is 2390. The van der Waals surface area contributed by atoms with E-state index in [0.29, 0.717) is 10.3 Å². The van der Waals surface area contributed by atoms with E-state index in [1.165, 1.54) is 31.3 Å². The number of methoxy groups -OCH3 is 2. The largest absolute Gasteiger partial charge is 0.493 e. The number of thiophene rings is 1. The van der Waals surface area contributed by atoms with Gasteiger partial charge in [-0.2, -0.15) is 0 Å². The molecular formula is C45H52F2N4O16S. The van der Waals surface area contributed by atoms with Crippen molar-refractivity contribution in [1.29, 1.82) is 0 Å². The highest BCUT2D eigenvalue weighted by molar-refractivity contribution is 7.20. The molecule has 368 valence electrons. The van der Waals surface area contributed by atoms with Crippen LogP contribution in [0.2, 0.25) is 0 Å². The summed E-state index contributed by atoms with van der Waals surface area (Å²) in [4.78, 5) is 98.4. The second-order valence-corrected chi connectivity index (χ2v) is 16.3. The first kappa shape index (κ1) is 52.3. The lowest BCUT2D eigenvalue weighted by molar-refractivity contribution is -0.148. The van der Waals surface area contributed by atoms with Crippen LogP contribution >= 0.6 is 11.3 Å². The van der Waals surface area contributed by atoms with Crippen LogP contribution in [0.25, 0.3) is 10.1 Å². The van der Waals surface area contributed by atoms with E-state index >= 15 is 8.78 Å². The van der Waals surface area contributed by atoms with E-state index in [4.69, 9.17) is 38.3 Å². The second kappa shape index (κ2) is 25.4. The number of halogens is 2. The number of esters is 1. The van der Waals surface area contributed by atoms with Gasteiger partial charge in [-0.1, -0.05) is 0 Å². The Kier molecular flexibility index (Phi) is 19.5. The SMILES string of the molecule is COc1cc2c(c(F)c1OCCCOc1c(OC)cc3sc(C(=O)CCC(=O)O[C@@H](C)CNC(=O)CCOCCOCCNC(=O)CN4C(=O)C=CC4=O)cc3c1F)CN(C(=O)CCC(=O)O)C2. The standard InChI is InChI=1S/C45H52F2N4O16S/c1-26(22-49-35(53)11-15-63-17-18-64-16-12-48-36(54)25-51-38(56)6-7-39(51)57)67-41(60)10-5-30(52)34-20-28-33(68-34)21-32(62-3)45(42(28)46)66-14-4-13-65-44-31(61-2)19-27-23-50(24-29(27)43(44)47)37(55)8-9-40(58)59/h6-7,19-21,26H,4-5,8-18,22-25H2,1-3H3,(H,48,54)(H,49,53)(H,58,59)/t26-/m0/s1. The van der Waals surface area contributed by atoms with Crippen LogP contribution in [0.15, 0.2) is 30.4 Å². The predicted octanol–water partition coefficient (Wildman–Crippen LogP) is 3.23. The molecule has 2 aliphatic heterocycles. The molecule has 2 aromatic carbocycles. The lowest BCUT2D eigenvalue weighted by Crippen LogP contribution is -2.41. The Morgan fingerprint density at radius 1 is 0.765 bits per heavy atom. The number of nitrogens with zero attached hydrogens (tertiary/aromatic N) is 2. The van der Waals surface area contributed by atoms with Crippen LogP contribution in [0.1, 0.15) is 66.2 Å². The van der Waals surface area contributed by atoms with Crippen LogP contribution in [0.3, 0.4) is 0 Å². The number of Topliss-reactive ketones (excluding diaryl/α,β-unsaturated/α-hetero) is 1. The van der Waals surface area contributed by atoms with E-state index in [-0.39, 0.29) is 156 Å². The highest BCUT2D eigenvalue weighted by Gasteiger charge is 2.31. The summed E-state index contributed by atoms with van der Waals surface area (Å²) in [6, 6.07) is 4.46. The molecule has 2 aliphatic rings. The number of nitrogens with one attached hydrogen (secondary N) is 2. The topological polar surface area (TPSA) is 252 Å². The number of fused-ring (bicyclic) bond motifs is 2. The molecule has 3 N–H and O–H groups in total. The number of carboxylic acids is 1. The molecule has 68 heavy (non-hydrogen) atoms. The van der Waals surface area contributed by atoms with Crippen molar-refractivity contribution < 1.29 is 85.4 Å². The smallest absolute Gasteiger partial charge is 0.306 e. The van der Waals surface area contributed by atoms with Gasteiger partial charge >= 0.3 is 11.9 Å². The van der Waals surface area contributed by atoms with Gasteiger partial charge in [-0.05, 0) is 24.6 Å². The lowest BCUT2D eigenvalue weighted by atomic mass is 10.1. The van der Waals surface area contributed by atoms with Gasteiger partial charge in [-0.3, -0.25) is 43.3 Å². The molecule has 0 saturated heterocycles. The first-order valence-corrected chi connectivity index (χ1v) is 22.3. The maximum absolute atomic E-state index is 15.8. The maximum atomic E-state index is 15.8. The molecule has 5 rings (SSSR count). The summed E-state index contributed by atoms with van der Waals surface area (Å²) in [6.45, 7) is 1.91. The molecule has 0 fully saturated rings. The number of hydrogen-bond acceptors (Lipinski definition) is 16. The van der Waals surface area contributed by atoms with E-state index in [2.05, 4.69) is 10.6 Å². The molecule has 1 atom stereocenters. The fraction of sp³-hybridized carbons (Fsp3) is 0.467. The molecule has 5 amide bonds. The van der Waals surface area contributed by atoms with Gasteiger partial charge in [0.05, 0.1) is 78.1 Å². The van der Waals surface area contributed by atoms with E-state index in [0.717, 1.165) is 28.4 Å². The van der Waals surface area contributed by atoms with Gasteiger partial charge < -0.3 is 53.8 Å². The molecule has 0 radical (unpaired) electrons. The molecule has 0 bridgehead atoms. The number of benzene rings is 2. The summed E-state index contributed by atoms with van der Waals surface area (Å²) in [5.41, 5.74) is 0.748. The van der Waals surface area contributed by atoms with Crippen molar-refractivity contribution in [3.8, 4) is 23.0 Å². The summed E-state index contributed by atoms with van der Waals surface area (Å²) in [6.07, 6.45) is 0.647. The van der Waals surface area contributed by atoms with Gasteiger partial charge in [0.25, 0.3) is 11.8 Å². The van der Waals surface area contributed by atoms with Crippen molar-refractivity contribution in [2.45, 2.75) is 64.6 Å². The van der Waals surface area contributed by atoms with Gasteiger partial charge in [0.2, 0.25) is 17.7 Å². The van der Waals surface area contributed by atoms with E-state index in [9.17, 15) is 38.4 Å². The number of carboxylic acid groups (broad SMARTS) is 1. The van der Waals surface area contributed by atoms with E-state index < -0.39 is 59.1 Å². The first-order chi connectivity index (χ1) is 32.6. The second-order valence-electron chi connectivity index (χ2n) is 15.2. The molecule has 0 spiro atoms. The predicted molar refractivity (Wildman–Crippen MR) is 235 cm³/mol. The van der Waals surface area contributed by atoms with Crippen molar-refractivity contribution in [3.63, 3.8) is 0 Å². The molecule has 0 unspecified atom stereocenters. The quantitative estimate of drug-likeness (QED) is 0.0391. The third kappa shape index (κ3) is 14.6. The van der Waals surface area contributed by atoms with Crippen LogP contribution in [0, 0.1) is 11.6 Å². The first-order valence-electron chi connectivity index (χ1n) is 21.5. The number of carbonyl (C=O) groups excluding carboxylic acids is 7. The monoisotopic (exact) mass is 974 g/mol. The summed E-state index contributed by atoms with van der Waals surface area (Å²) >= 11 is 1.01. The normalized spacial score (nSPS) is 13.4. The molecule has 3 heterocycles. The molecule has 3 aromatic rings. The third-order valence-electron chi connectivity index (χ3n) is 10.3. The van der Waals surface area contributed by atoms with Crippen LogP contribution in [-0.2, 0) is 60.9 Å². The summed E-state index contributed by atoms with van der Waals surface area (Å²) in [7, 11) is 2.67. The Labute approximate surface area is 392 Å². The van der Waals surface area contributed by atoms with Crippen molar-refractivity contribution in [2.75, 3.05) is 73.5 Å². The number of hydrogen-bond donors (Lipinski definition) is 3. The third-order valence-corrected chi connectivity index (χ3v) is 11.4. The number of imide groups is 1. The molecule has 0 saturated carbocycles. The van der Waals surface area contributed by atoms with Gasteiger partial charge in [0, 0.05) is 79.2 Å². The van der Waals surface area contributed by atoms with E-state index in [1.807, 2.05) is 0 Å². The Hall–Kier alpha value is -6.72. The minimum Gasteiger partial charge on any atom is -0.493 e. The number of rotatable bonds is 29. The van der Waals surface area contributed by atoms with Crippen molar-refractivity contribution in [2.24, 2.45) is 0 Å². The lowest BCUT2D eigenvalue weighted by Gasteiger charge is -2.15. The van der Waals surface area contributed by atoms with Crippen LogP contribution in [0.4, 0.5) is 8.78 Å². The molecule has 0 aliphatic carbocycles. The van der Waals surface area contributed by atoms with Crippen molar-refractivity contribution in [1.82, 2.24) is 20.4 Å². The average molecular weight is 975 g/mol. The van der Waals surface area contributed by atoms with Crippen molar-refractivity contribution in [3.05, 3.63) is 58.0 Å². The van der Waals surface area contributed by atoms with Gasteiger partial charge in [-0.15, -0.1) is 11.3 Å². The highest BCUT2D eigenvalue weighted by atomic mass is 32.1. The zero-order valence-corrected chi connectivity index (χ0v) is 38.4. The highest BCUT2D eigenvalue weighted by Crippen LogP contribution is 2.41. The van der Waals surface area contributed by atoms with E-state index in [1.54, 1.807) is 13.0 Å². The molecule has 1 aromatic heterocycles. The summed E-state index contributed by atoms with van der Waals surface area (Å²) < 4.78 is 70.1. The fourth-order valence-electron chi connectivity index (χ4n) is 6.77. The summed E-state index contributed by atoms with van der Waals surface area (Å²) in [5, 5.41) is 14.2. The van der Waals surface area contributed by atoms with Crippen LogP contribution in [0.5, 0.6) is 23.0 Å². The van der Waals surface area contributed by atoms with Gasteiger partial charge in [0.15, 0.2) is 40.4 Å². The minimum atomic E-state index is -1.11. The Morgan fingerprint density at radius 3 is 2.10 bits per heavy atom. The summed E-state index contributed by atoms with van der Waals surface area (Å²) in [5.74, 6) is -6.27. The van der Waals surface area contributed by atoms with Gasteiger partial charge in [0.1, 0.15) is 12.6 Å². The van der Waals surface area contributed by atoms with Crippen LogP contribution < -0.4 is 29.6 Å². The fourth-order valence-corrected chi connectivity index (χ4v) is 7.83. The Balaban J connectivity index is 0.969. The molecular weight excluding hydrogens is 923 g/mol. The Morgan fingerprint density at radius 2 is 1.43 bits per heavy atom. The zero-order chi connectivity index (χ0) is 49.3. The maximum Gasteiger partial charge on any atom is 0.306 e. The van der Waals surface area contributed by atoms with Crippen LogP contribution in [-0.4, -0.2) is 142 Å². The number of aliphatic carboxylic acids is 1. The molecule has 20 nitrogen and oxygen atoms in total. The molecule has 23 heteroatoms. The number of ether oxygens (including phenoxy) is 7. The number of carbonyl (C=O) groups is 8. The van der Waals surface area contributed by atoms with Gasteiger partial charge in [-0.25, -0.2) is 8.78 Å². The zero-order valence-electron chi connectivity index (χ0n) is 37.6. The number of ketones is 1. The van der Waals surface area contributed by atoms with Crippen molar-refractivity contribution >= 4 is 68.7 Å². The minimum absolute atomic E-state index is 0.0175.